The van der Waals surface area contributed by atoms with Gasteiger partial charge in [-0.15, -0.1) is 5.10 Å². The molecule has 0 saturated heterocycles. The molecule has 0 atom stereocenters. The van der Waals surface area contributed by atoms with E-state index in [0.717, 1.165) is 22.6 Å². The number of para-hydroxylation sites is 1. The Morgan fingerprint density at radius 2 is 1.74 bits per heavy atom. The number of anilines is 1. The number of rotatable bonds is 3. The molecule has 23 heavy (non-hydrogen) atoms. The molecule has 3 aromatic rings. The molecular weight excluding hydrogens is 310 g/mol. The van der Waals surface area contributed by atoms with E-state index in [9.17, 15) is 0 Å². The van der Waals surface area contributed by atoms with Gasteiger partial charge in [-0.25, -0.2) is 0 Å². The zero-order valence-corrected chi connectivity index (χ0v) is 13.6. The first-order chi connectivity index (χ1) is 11.1. The first-order valence-corrected chi connectivity index (χ1v) is 7.57. The molecule has 116 valence electrons. The molecule has 1 N–H and O–H groups in total. The maximum absolute atomic E-state index is 5.98. The lowest BCUT2D eigenvalue weighted by Crippen LogP contribution is -2.18. The van der Waals surface area contributed by atoms with Gasteiger partial charge in [0.1, 0.15) is 0 Å². The van der Waals surface area contributed by atoms with Crippen molar-refractivity contribution in [3.05, 3.63) is 76.6 Å². The van der Waals surface area contributed by atoms with Crippen molar-refractivity contribution in [3.8, 4) is 0 Å². The molecule has 0 saturated carbocycles. The van der Waals surface area contributed by atoms with Crippen LogP contribution in [0.25, 0.3) is 0 Å². The smallest absolute Gasteiger partial charge is 0.182 e. The van der Waals surface area contributed by atoms with Crippen LogP contribution in [0.5, 0.6) is 0 Å². The lowest BCUT2D eigenvalue weighted by atomic mass is 10.2. The molecule has 6 heteroatoms. The molecule has 0 aliphatic rings. The largest absolute Gasteiger partial charge is 0.276 e. The van der Waals surface area contributed by atoms with Crippen molar-refractivity contribution >= 4 is 23.1 Å². The normalized spacial score (nSPS) is 11.5. The summed E-state index contributed by atoms with van der Waals surface area (Å²) in [5, 5.41) is 13.5. The van der Waals surface area contributed by atoms with Gasteiger partial charge < -0.3 is 0 Å². The van der Waals surface area contributed by atoms with Crippen molar-refractivity contribution < 1.29 is 0 Å². The van der Waals surface area contributed by atoms with Gasteiger partial charge in [0.15, 0.2) is 5.84 Å². The molecule has 0 bridgehead atoms. The zero-order valence-electron chi connectivity index (χ0n) is 12.9. The lowest BCUT2D eigenvalue weighted by molar-refractivity contribution is 0.820. The Labute approximate surface area is 139 Å². The highest BCUT2D eigenvalue weighted by molar-refractivity contribution is 6.30. The van der Waals surface area contributed by atoms with E-state index in [4.69, 9.17) is 11.6 Å². The van der Waals surface area contributed by atoms with Gasteiger partial charge in [0.2, 0.25) is 0 Å². The molecule has 0 spiro atoms. The number of nitrogens with one attached hydrogen (secondary N) is 1. The fraction of sp³-hybridized carbons (Fsp3) is 0.118. The van der Waals surface area contributed by atoms with Crippen LogP contribution in [0.1, 0.15) is 17.0 Å². The molecule has 0 aliphatic heterocycles. The standard InChI is InChI=1S/C17H16ClN5/c1-12-13(2)23(22-19-12)17(14-8-10-15(18)11-9-14)21-20-16-6-4-3-5-7-16/h3-11,20H,1-2H3/b21-17-. The van der Waals surface area contributed by atoms with Gasteiger partial charge in [-0.2, -0.15) is 9.78 Å². The molecule has 0 aliphatic carbocycles. The molecule has 0 unspecified atom stereocenters. The second-order valence-corrected chi connectivity index (χ2v) is 5.53. The van der Waals surface area contributed by atoms with Crippen LogP contribution in [0.15, 0.2) is 59.7 Å². The van der Waals surface area contributed by atoms with Crippen molar-refractivity contribution in [1.29, 1.82) is 0 Å². The average molecular weight is 326 g/mol. The number of nitrogens with zero attached hydrogens (tertiary/aromatic N) is 4. The van der Waals surface area contributed by atoms with Crippen LogP contribution in [0, 0.1) is 13.8 Å². The first-order valence-electron chi connectivity index (χ1n) is 7.19. The topological polar surface area (TPSA) is 55.1 Å². The quantitative estimate of drug-likeness (QED) is 0.452. The summed E-state index contributed by atoms with van der Waals surface area (Å²) in [7, 11) is 0. The highest BCUT2D eigenvalue weighted by atomic mass is 35.5. The fourth-order valence-electron chi connectivity index (χ4n) is 2.07. The lowest BCUT2D eigenvalue weighted by Gasteiger charge is -2.09. The molecule has 0 fully saturated rings. The Hall–Kier alpha value is -2.66. The molecular formula is C17H16ClN5. The Balaban J connectivity index is 2.03. The van der Waals surface area contributed by atoms with Gasteiger partial charge in [-0.3, -0.25) is 5.43 Å². The Morgan fingerprint density at radius 3 is 2.35 bits per heavy atom. The molecule has 3 rings (SSSR count). The van der Waals surface area contributed by atoms with Crippen LogP contribution in [0.4, 0.5) is 5.69 Å². The van der Waals surface area contributed by atoms with E-state index >= 15 is 0 Å². The molecule has 2 aromatic carbocycles. The summed E-state index contributed by atoms with van der Waals surface area (Å²) in [5.74, 6) is 0.656. The summed E-state index contributed by atoms with van der Waals surface area (Å²) >= 11 is 5.98. The van der Waals surface area contributed by atoms with E-state index in [0.29, 0.717) is 10.9 Å². The van der Waals surface area contributed by atoms with E-state index < -0.39 is 0 Å². The van der Waals surface area contributed by atoms with Crippen LogP contribution >= 0.6 is 11.6 Å². The van der Waals surface area contributed by atoms with E-state index in [1.54, 1.807) is 4.68 Å². The number of halogens is 1. The van der Waals surface area contributed by atoms with Crippen molar-refractivity contribution in [2.45, 2.75) is 13.8 Å². The summed E-state index contributed by atoms with van der Waals surface area (Å²) in [6.07, 6.45) is 0. The monoisotopic (exact) mass is 325 g/mol. The minimum absolute atomic E-state index is 0.656. The van der Waals surface area contributed by atoms with E-state index in [1.165, 1.54) is 0 Å². The SMILES string of the molecule is Cc1nnn(/C(=N\Nc2ccccc2)c2ccc(Cl)cc2)c1C. The number of hydrogen-bond donors (Lipinski definition) is 1. The van der Waals surface area contributed by atoms with Crippen molar-refractivity contribution in [2.75, 3.05) is 5.43 Å². The third-order valence-electron chi connectivity index (χ3n) is 3.49. The van der Waals surface area contributed by atoms with Crippen LogP contribution < -0.4 is 5.43 Å². The Kier molecular flexibility index (Phi) is 4.39. The van der Waals surface area contributed by atoms with Crippen LogP contribution in [0.2, 0.25) is 5.02 Å². The number of benzene rings is 2. The minimum Gasteiger partial charge on any atom is -0.276 e. The molecule has 0 amide bonds. The first kappa shape index (κ1) is 15.2. The minimum atomic E-state index is 0.656. The van der Waals surface area contributed by atoms with Crippen molar-refractivity contribution in [1.82, 2.24) is 15.0 Å². The third kappa shape index (κ3) is 3.40. The maximum Gasteiger partial charge on any atom is 0.182 e. The number of aryl methyl sites for hydroxylation is 1. The van der Waals surface area contributed by atoms with Gasteiger partial charge in [-0.1, -0.05) is 35.0 Å². The average Bonchev–Trinajstić information content (AvgIpc) is 2.90. The summed E-state index contributed by atoms with van der Waals surface area (Å²) < 4.78 is 1.72. The van der Waals surface area contributed by atoms with Gasteiger partial charge in [0, 0.05) is 10.6 Å². The van der Waals surface area contributed by atoms with Crippen LogP contribution in [0.3, 0.4) is 0 Å². The van der Waals surface area contributed by atoms with Crippen molar-refractivity contribution in [3.63, 3.8) is 0 Å². The summed E-state index contributed by atoms with van der Waals surface area (Å²) in [4.78, 5) is 0. The van der Waals surface area contributed by atoms with Gasteiger partial charge in [0.25, 0.3) is 0 Å². The number of hydrazone groups is 1. The van der Waals surface area contributed by atoms with Crippen LogP contribution in [-0.4, -0.2) is 20.8 Å². The predicted molar refractivity (Wildman–Crippen MR) is 92.9 cm³/mol. The molecule has 5 nitrogen and oxygen atoms in total. The zero-order chi connectivity index (χ0) is 16.2. The predicted octanol–water partition coefficient (Wildman–Crippen LogP) is 3.87. The van der Waals surface area contributed by atoms with Gasteiger partial charge in [0.05, 0.1) is 17.1 Å². The fourth-order valence-corrected chi connectivity index (χ4v) is 2.20. The van der Waals surface area contributed by atoms with Gasteiger partial charge >= 0.3 is 0 Å². The third-order valence-corrected chi connectivity index (χ3v) is 3.75. The molecule has 1 aromatic heterocycles. The summed E-state index contributed by atoms with van der Waals surface area (Å²) in [5.41, 5.74) is 6.66. The van der Waals surface area contributed by atoms with Crippen molar-refractivity contribution in [2.24, 2.45) is 5.10 Å². The second-order valence-electron chi connectivity index (χ2n) is 5.09. The second kappa shape index (κ2) is 6.62. The Morgan fingerprint density at radius 1 is 1.04 bits per heavy atom. The highest BCUT2D eigenvalue weighted by Crippen LogP contribution is 2.14. The van der Waals surface area contributed by atoms with E-state index in [-0.39, 0.29) is 0 Å². The number of aromatic nitrogens is 3. The molecule has 1 heterocycles. The molecule has 0 radical (unpaired) electrons. The summed E-state index contributed by atoms with van der Waals surface area (Å²) in [6, 6.07) is 17.2. The summed E-state index contributed by atoms with van der Waals surface area (Å²) in [6.45, 7) is 3.88. The van der Waals surface area contributed by atoms with Crippen LogP contribution in [-0.2, 0) is 0 Å². The highest BCUT2D eigenvalue weighted by Gasteiger charge is 2.13. The van der Waals surface area contributed by atoms with Gasteiger partial charge in [-0.05, 0) is 50.2 Å². The van der Waals surface area contributed by atoms with E-state index in [1.807, 2.05) is 68.4 Å². The Bertz CT molecular complexity index is 822. The maximum atomic E-state index is 5.98. The number of hydrogen-bond acceptors (Lipinski definition) is 4. The van der Waals surface area contributed by atoms with E-state index in [2.05, 4.69) is 20.8 Å².